The number of hydrogen-bond acceptors (Lipinski definition) is 11. The predicted octanol–water partition coefficient (Wildman–Crippen LogP) is 9.70. The van der Waals surface area contributed by atoms with Gasteiger partial charge in [-0.2, -0.15) is 0 Å². The highest BCUT2D eigenvalue weighted by atomic mass is 16.6. The number of amides is 1. The van der Waals surface area contributed by atoms with Gasteiger partial charge >= 0.3 is 29.8 Å². The summed E-state index contributed by atoms with van der Waals surface area (Å²) in [5.41, 5.74) is -2.24. The maximum absolute atomic E-state index is 13.8. The molecule has 12 heteroatoms. The Bertz CT molecular complexity index is 1900. The monoisotopic (exact) mass is 841 g/mol. The summed E-state index contributed by atoms with van der Waals surface area (Å²) in [6.45, 7) is 11.3. The third kappa shape index (κ3) is 21.7. The molecule has 2 rings (SSSR count). The highest BCUT2D eigenvalue weighted by molar-refractivity contribution is 5.99. The van der Waals surface area contributed by atoms with E-state index in [1.54, 1.807) is 46.8 Å². The maximum Gasteiger partial charge on any atom is 0.347 e. The minimum atomic E-state index is -1.53. The minimum Gasteiger partial charge on any atom is -0.465 e. The van der Waals surface area contributed by atoms with Gasteiger partial charge in [-0.05, 0) is 90.0 Å². The lowest BCUT2D eigenvalue weighted by molar-refractivity contribution is -0.156. The number of esters is 5. The van der Waals surface area contributed by atoms with Gasteiger partial charge < -0.3 is 29.0 Å². The zero-order valence-corrected chi connectivity index (χ0v) is 36.7. The molecule has 2 aromatic rings. The molecule has 0 fully saturated rings. The number of unbranched alkanes of at least 4 members (excludes halogenated alkanes) is 1. The summed E-state index contributed by atoms with van der Waals surface area (Å²) in [5.74, 6) is -4.56. The van der Waals surface area contributed by atoms with Crippen molar-refractivity contribution in [2.75, 3.05) is 13.2 Å². The van der Waals surface area contributed by atoms with Gasteiger partial charge in [0.1, 0.15) is 34.8 Å². The molecular weight excluding hydrogens is 779 g/mol. The van der Waals surface area contributed by atoms with E-state index in [9.17, 15) is 28.8 Å². The zero-order valence-electron chi connectivity index (χ0n) is 36.7. The van der Waals surface area contributed by atoms with E-state index in [0.29, 0.717) is 12.8 Å². The summed E-state index contributed by atoms with van der Waals surface area (Å²) in [6, 6.07) is 11.7. The molecule has 0 aliphatic rings. The first-order valence-corrected chi connectivity index (χ1v) is 20.7. The van der Waals surface area contributed by atoms with Crippen molar-refractivity contribution in [2.24, 2.45) is 5.41 Å². The van der Waals surface area contributed by atoms with Crippen LogP contribution < -0.4 is 14.8 Å². The third-order valence-electron chi connectivity index (χ3n) is 8.41. The molecule has 0 radical (unpaired) electrons. The minimum absolute atomic E-state index is 0.0337. The lowest BCUT2D eigenvalue weighted by Gasteiger charge is -2.32. The topological polar surface area (TPSA) is 161 Å². The van der Waals surface area contributed by atoms with Gasteiger partial charge in [0, 0.05) is 25.3 Å². The van der Waals surface area contributed by atoms with E-state index in [4.69, 9.17) is 23.7 Å². The molecular formula is C49H63NO11. The number of carbonyl (C=O) groups excluding carboxylic acids is 6. The highest BCUT2D eigenvalue weighted by Gasteiger charge is 2.40. The number of rotatable bonds is 25. The molecule has 1 N–H and O–H groups in total. The van der Waals surface area contributed by atoms with Gasteiger partial charge in [-0.1, -0.05) is 106 Å². The Morgan fingerprint density at radius 3 is 1.69 bits per heavy atom. The molecule has 0 saturated carbocycles. The normalized spacial score (nSPS) is 12.6. The number of para-hydroxylation sites is 2. The van der Waals surface area contributed by atoms with E-state index < -0.39 is 52.9 Å². The number of carbonyl (C=O) groups is 6. The number of allylic oxidation sites excluding steroid dienone is 10. The average Bonchev–Trinajstić information content (AvgIpc) is 3.19. The van der Waals surface area contributed by atoms with Crippen molar-refractivity contribution in [1.82, 2.24) is 5.32 Å². The van der Waals surface area contributed by atoms with Crippen LogP contribution in [0.25, 0.3) is 0 Å². The average molecular weight is 842 g/mol. The molecule has 0 aromatic heterocycles. The van der Waals surface area contributed by atoms with Crippen molar-refractivity contribution in [1.29, 1.82) is 0 Å². The fourth-order valence-corrected chi connectivity index (χ4v) is 5.42. The van der Waals surface area contributed by atoms with Crippen molar-refractivity contribution in [3.63, 3.8) is 0 Å². The van der Waals surface area contributed by atoms with Crippen molar-refractivity contribution < 1.29 is 52.5 Å². The van der Waals surface area contributed by atoms with Gasteiger partial charge in [-0.15, -0.1) is 0 Å². The molecule has 330 valence electrons. The Balaban J connectivity index is 2.04. The van der Waals surface area contributed by atoms with Crippen LogP contribution in [0, 0.1) is 5.41 Å². The van der Waals surface area contributed by atoms with Gasteiger partial charge in [-0.25, -0.2) is 9.59 Å². The van der Waals surface area contributed by atoms with Crippen LogP contribution in [0.3, 0.4) is 0 Å². The maximum atomic E-state index is 13.8. The molecule has 0 aliphatic carbocycles. The summed E-state index contributed by atoms with van der Waals surface area (Å²) < 4.78 is 27.4. The Morgan fingerprint density at radius 2 is 1.15 bits per heavy atom. The van der Waals surface area contributed by atoms with E-state index in [0.717, 1.165) is 32.1 Å². The van der Waals surface area contributed by atoms with Crippen LogP contribution in [-0.2, 0) is 33.4 Å². The Kier molecular flexibility index (Phi) is 23.2. The fraction of sp³-hybridized carbons (Fsp3) is 0.429. The first-order valence-electron chi connectivity index (χ1n) is 20.7. The quantitative estimate of drug-likeness (QED) is 0.0333. The first-order chi connectivity index (χ1) is 29.0. The second kappa shape index (κ2) is 27.7. The van der Waals surface area contributed by atoms with Crippen LogP contribution >= 0.6 is 0 Å². The van der Waals surface area contributed by atoms with Crippen LogP contribution in [0.2, 0.25) is 0 Å². The molecule has 1 atom stereocenters. The van der Waals surface area contributed by atoms with Gasteiger partial charge in [-0.3, -0.25) is 19.2 Å². The number of nitrogens with one attached hydrogen (secondary N) is 1. The molecule has 0 heterocycles. The first kappa shape index (κ1) is 51.1. The summed E-state index contributed by atoms with van der Waals surface area (Å²) >= 11 is 0. The van der Waals surface area contributed by atoms with Gasteiger partial charge in [0.05, 0.1) is 6.42 Å². The Morgan fingerprint density at radius 1 is 0.639 bits per heavy atom. The molecule has 1 amide bonds. The molecule has 0 spiro atoms. The SMILES string of the molecule is CC/C=C\C/C=C\C/C=C\C/C=C\C/C=C\CCCC(=O)OCC(C)(C)[C@@H](OC(=O)c1ccccc1OC(=O)c1ccccc1OC(C)=O)C(=O)NCCC(=O)OC(C)(C)C. The number of hydrogen-bond donors (Lipinski definition) is 1. The van der Waals surface area contributed by atoms with Crippen LogP contribution in [0.4, 0.5) is 0 Å². The molecule has 2 aromatic carbocycles. The Hall–Kier alpha value is -6.04. The smallest absolute Gasteiger partial charge is 0.347 e. The van der Waals surface area contributed by atoms with Crippen molar-refractivity contribution in [3.05, 3.63) is 120 Å². The lowest BCUT2D eigenvalue weighted by atomic mass is 9.86. The highest BCUT2D eigenvalue weighted by Crippen LogP contribution is 2.29. The van der Waals surface area contributed by atoms with Gasteiger partial charge in [0.15, 0.2) is 6.10 Å². The second-order valence-electron chi connectivity index (χ2n) is 15.6. The summed E-state index contributed by atoms with van der Waals surface area (Å²) in [4.78, 5) is 77.3. The summed E-state index contributed by atoms with van der Waals surface area (Å²) in [7, 11) is 0. The van der Waals surface area contributed by atoms with E-state index in [1.165, 1.54) is 43.3 Å². The van der Waals surface area contributed by atoms with E-state index in [-0.39, 0.29) is 48.6 Å². The van der Waals surface area contributed by atoms with Crippen molar-refractivity contribution >= 4 is 35.8 Å². The van der Waals surface area contributed by atoms with E-state index in [1.807, 2.05) is 12.2 Å². The van der Waals surface area contributed by atoms with Crippen LogP contribution in [0.1, 0.15) is 127 Å². The summed E-state index contributed by atoms with van der Waals surface area (Å²) in [5, 5.41) is 2.62. The van der Waals surface area contributed by atoms with Crippen LogP contribution in [-0.4, -0.2) is 60.6 Å². The zero-order chi connectivity index (χ0) is 45.1. The van der Waals surface area contributed by atoms with E-state index >= 15 is 0 Å². The lowest BCUT2D eigenvalue weighted by Crippen LogP contribution is -2.49. The van der Waals surface area contributed by atoms with Crippen LogP contribution in [0.5, 0.6) is 11.5 Å². The number of ether oxygens (including phenoxy) is 5. The third-order valence-corrected chi connectivity index (χ3v) is 8.41. The Labute approximate surface area is 361 Å². The molecule has 12 nitrogen and oxygen atoms in total. The standard InChI is InChI=1S/C49H63NO11/c1-8-9-10-11-12-13-14-15-16-17-18-19-20-21-22-23-24-33-42(52)57-36-49(6,7)44(45(54)50-35-34-43(53)61-48(3,4)5)60-47(56)39-30-26-28-32-41(39)59-46(55)38-29-25-27-31-40(38)58-37(2)51/h9-10,12-13,15-16,18-19,21-22,25-32,44H,8,11,14,17,20,23-24,33-36H2,1-7H3,(H,50,54)/b10-9-,13-12-,16-15-,19-18-,22-21-/t44-/m0/s1. The molecule has 61 heavy (non-hydrogen) atoms. The van der Waals surface area contributed by atoms with Gasteiger partial charge in [0.2, 0.25) is 0 Å². The molecule has 0 bridgehead atoms. The van der Waals surface area contributed by atoms with E-state index in [2.05, 4.69) is 60.8 Å². The van der Waals surface area contributed by atoms with Crippen LogP contribution in [0.15, 0.2) is 109 Å². The van der Waals surface area contributed by atoms with Crippen molar-refractivity contribution in [2.45, 2.75) is 118 Å². The van der Waals surface area contributed by atoms with Crippen molar-refractivity contribution in [3.8, 4) is 11.5 Å². The molecule has 0 unspecified atom stereocenters. The fourth-order valence-electron chi connectivity index (χ4n) is 5.42. The molecule has 0 saturated heterocycles. The largest absolute Gasteiger partial charge is 0.465 e. The van der Waals surface area contributed by atoms with Gasteiger partial charge in [0.25, 0.3) is 5.91 Å². The summed E-state index contributed by atoms with van der Waals surface area (Å²) in [6.07, 6.45) is 25.5. The number of benzene rings is 2. The molecule has 0 aliphatic heterocycles. The predicted molar refractivity (Wildman–Crippen MR) is 235 cm³/mol. The second-order valence-corrected chi connectivity index (χ2v) is 15.6.